The van der Waals surface area contributed by atoms with Crippen molar-refractivity contribution < 1.29 is 14.3 Å². The highest BCUT2D eigenvalue weighted by Gasteiger charge is 2.20. The molecule has 152 valence electrons. The van der Waals surface area contributed by atoms with Crippen molar-refractivity contribution in [1.82, 2.24) is 9.88 Å². The molecule has 2 N–H and O–H groups in total. The fraction of sp³-hybridized carbons (Fsp3) is 0.143. The smallest absolute Gasteiger partial charge is 0.259 e. The van der Waals surface area contributed by atoms with E-state index in [2.05, 4.69) is 37.6 Å². The van der Waals surface area contributed by atoms with E-state index in [9.17, 15) is 9.59 Å². The number of pyridine rings is 1. The van der Waals surface area contributed by atoms with Crippen LogP contribution in [0.1, 0.15) is 10.4 Å². The first-order valence-electron chi connectivity index (χ1n) is 8.85. The number of likely N-dealkylation sites (N-methyl/N-ethyl adjacent to an activating group) is 1. The van der Waals surface area contributed by atoms with E-state index in [0.29, 0.717) is 22.8 Å². The van der Waals surface area contributed by atoms with Gasteiger partial charge in [0, 0.05) is 23.9 Å². The minimum absolute atomic E-state index is 0.219. The lowest BCUT2D eigenvalue weighted by molar-refractivity contribution is -0.112. The number of nitrogens with zero attached hydrogens (tertiary/aromatic N) is 3. The number of nitriles is 1. The van der Waals surface area contributed by atoms with Crippen molar-refractivity contribution in [2.24, 2.45) is 0 Å². The third-order valence-corrected chi connectivity index (χ3v) is 4.79. The molecule has 8 nitrogen and oxygen atoms in total. The lowest BCUT2D eigenvalue weighted by Crippen LogP contribution is -2.29. The summed E-state index contributed by atoms with van der Waals surface area (Å²) < 4.78 is 6.00. The van der Waals surface area contributed by atoms with Crippen LogP contribution in [0.25, 0.3) is 0 Å². The van der Waals surface area contributed by atoms with E-state index in [-0.39, 0.29) is 5.56 Å². The van der Waals surface area contributed by atoms with E-state index in [0.717, 1.165) is 4.47 Å². The Morgan fingerprint density at radius 3 is 2.67 bits per heavy atom. The molecule has 0 bridgehead atoms. The van der Waals surface area contributed by atoms with Crippen LogP contribution in [-0.2, 0) is 4.79 Å². The minimum Gasteiger partial charge on any atom is -0.497 e. The molecule has 1 aromatic heterocycles. The van der Waals surface area contributed by atoms with Gasteiger partial charge in [-0.05, 0) is 58.4 Å². The van der Waals surface area contributed by atoms with E-state index in [1.807, 2.05) is 0 Å². The zero-order valence-electron chi connectivity index (χ0n) is 16.2. The topological polar surface area (TPSA) is 107 Å². The molecule has 2 amide bonds. The van der Waals surface area contributed by atoms with Gasteiger partial charge in [0.25, 0.3) is 11.8 Å². The van der Waals surface area contributed by atoms with Crippen molar-refractivity contribution in [2.75, 3.05) is 24.8 Å². The van der Waals surface area contributed by atoms with Gasteiger partial charge in [-0.1, -0.05) is 0 Å². The Bertz CT molecular complexity index is 1070. The summed E-state index contributed by atoms with van der Waals surface area (Å²) in [5, 5.41) is 14.5. The molecule has 0 fully saturated rings. The number of halogens is 1. The summed E-state index contributed by atoms with van der Waals surface area (Å²) >= 11 is 3.29. The van der Waals surface area contributed by atoms with Crippen LogP contribution in [-0.4, -0.2) is 41.9 Å². The maximum atomic E-state index is 12.8. The number of nitrogens with one attached hydrogen (secondary N) is 2. The highest BCUT2D eigenvalue weighted by molar-refractivity contribution is 9.10. The van der Waals surface area contributed by atoms with Crippen LogP contribution in [0.5, 0.6) is 5.75 Å². The fourth-order valence-electron chi connectivity index (χ4n) is 2.72. The highest BCUT2D eigenvalue weighted by atomic mass is 79.9. The third kappa shape index (κ3) is 4.85. The lowest BCUT2D eigenvalue weighted by atomic mass is 10.1. The third-order valence-electron chi connectivity index (χ3n) is 4.32. The number of rotatable bonds is 5. The van der Waals surface area contributed by atoms with Gasteiger partial charge in [0.2, 0.25) is 0 Å². The van der Waals surface area contributed by atoms with Crippen LogP contribution in [0, 0.1) is 11.3 Å². The van der Waals surface area contributed by atoms with Crippen molar-refractivity contribution in [3.8, 4) is 11.8 Å². The molecule has 9 heteroatoms. The number of amides is 2. The predicted octanol–water partition coefficient (Wildman–Crippen LogP) is 3.32. The van der Waals surface area contributed by atoms with E-state index in [4.69, 9.17) is 10.00 Å². The molecule has 1 atom stereocenters. The SMILES string of the molecule is COc1ccc(NC(=O)C2=CN(C)C(C#N)C=C2)c(C(=O)Nc2ccc(Br)cn2)c1. The number of anilines is 2. The van der Waals surface area contributed by atoms with Gasteiger partial charge in [0.1, 0.15) is 17.6 Å². The molecule has 0 spiro atoms. The van der Waals surface area contributed by atoms with E-state index in [1.165, 1.54) is 13.2 Å². The Morgan fingerprint density at radius 2 is 2.03 bits per heavy atom. The Morgan fingerprint density at radius 1 is 1.23 bits per heavy atom. The average Bonchev–Trinajstić information content (AvgIpc) is 2.75. The number of aromatic nitrogens is 1. The van der Waals surface area contributed by atoms with E-state index >= 15 is 0 Å². The molecular formula is C21H18BrN5O3. The molecule has 1 unspecified atom stereocenters. The van der Waals surface area contributed by atoms with Crippen LogP contribution in [0.2, 0.25) is 0 Å². The van der Waals surface area contributed by atoms with Crippen molar-refractivity contribution in [3.63, 3.8) is 0 Å². The molecule has 1 aliphatic heterocycles. The Kier molecular flexibility index (Phi) is 6.49. The van der Waals surface area contributed by atoms with Gasteiger partial charge in [-0.3, -0.25) is 9.59 Å². The minimum atomic E-state index is -0.450. The van der Waals surface area contributed by atoms with Crippen molar-refractivity contribution >= 4 is 39.2 Å². The normalized spacial score (nSPS) is 15.1. The van der Waals surface area contributed by atoms with Crippen molar-refractivity contribution in [1.29, 1.82) is 5.26 Å². The molecule has 2 aromatic rings. The van der Waals surface area contributed by atoms with Crippen LogP contribution >= 0.6 is 15.9 Å². The molecule has 0 saturated heterocycles. The summed E-state index contributed by atoms with van der Waals surface area (Å²) in [5.74, 6) is -0.0231. The van der Waals surface area contributed by atoms with Crippen LogP contribution in [0.4, 0.5) is 11.5 Å². The van der Waals surface area contributed by atoms with Crippen LogP contribution in [0.15, 0.2) is 64.9 Å². The number of methoxy groups -OCH3 is 1. The molecule has 1 aliphatic rings. The van der Waals surface area contributed by atoms with E-state index < -0.39 is 17.9 Å². The summed E-state index contributed by atoms with van der Waals surface area (Å²) in [6, 6.07) is 9.86. The number of carbonyl (C=O) groups is 2. The molecular weight excluding hydrogens is 450 g/mol. The largest absolute Gasteiger partial charge is 0.497 e. The van der Waals surface area contributed by atoms with Crippen molar-refractivity contribution in [2.45, 2.75) is 6.04 Å². The molecule has 30 heavy (non-hydrogen) atoms. The number of ether oxygens (including phenoxy) is 1. The maximum Gasteiger partial charge on any atom is 0.259 e. The van der Waals surface area contributed by atoms with Gasteiger partial charge in [-0.2, -0.15) is 5.26 Å². The number of carbonyl (C=O) groups excluding carboxylic acids is 2. The first kappa shape index (κ1) is 21.1. The fourth-order valence-corrected chi connectivity index (χ4v) is 2.95. The van der Waals surface area contributed by atoms with Gasteiger partial charge in [0.15, 0.2) is 0 Å². The Balaban J connectivity index is 1.84. The quantitative estimate of drug-likeness (QED) is 0.698. The molecule has 0 aliphatic carbocycles. The number of benzene rings is 1. The zero-order valence-corrected chi connectivity index (χ0v) is 17.8. The van der Waals surface area contributed by atoms with Crippen molar-refractivity contribution in [3.05, 3.63) is 70.5 Å². The predicted molar refractivity (Wildman–Crippen MR) is 116 cm³/mol. The Hall–Kier alpha value is -3.64. The molecule has 0 radical (unpaired) electrons. The van der Waals surface area contributed by atoms with Gasteiger partial charge < -0.3 is 20.3 Å². The molecule has 0 saturated carbocycles. The maximum absolute atomic E-state index is 12.8. The second kappa shape index (κ2) is 9.24. The van der Waals surface area contributed by atoms with Crippen LogP contribution in [0.3, 0.4) is 0 Å². The van der Waals surface area contributed by atoms with E-state index in [1.54, 1.807) is 60.8 Å². The summed E-state index contributed by atoms with van der Waals surface area (Å²) in [6.07, 6.45) is 6.36. The highest BCUT2D eigenvalue weighted by Crippen LogP contribution is 2.24. The number of hydrogen-bond donors (Lipinski definition) is 2. The summed E-state index contributed by atoms with van der Waals surface area (Å²) in [6.45, 7) is 0. The summed E-state index contributed by atoms with van der Waals surface area (Å²) in [4.78, 5) is 31.3. The standard InChI is InChI=1S/C21H18BrN5O3/c1-27-12-13(3-5-15(27)10-23)20(28)25-18-7-6-16(30-2)9-17(18)21(29)26-19-8-4-14(22)11-24-19/h3-9,11-12,15H,1-2H3,(H,25,28)(H,24,26,29). The zero-order chi connectivity index (χ0) is 21.7. The van der Waals surface area contributed by atoms with Gasteiger partial charge in [0.05, 0.1) is 30.0 Å². The number of hydrogen-bond acceptors (Lipinski definition) is 6. The lowest BCUT2D eigenvalue weighted by Gasteiger charge is -2.22. The second-order valence-electron chi connectivity index (χ2n) is 6.36. The Labute approximate surface area is 182 Å². The first-order chi connectivity index (χ1) is 14.4. The van der Waals surface area contributed by atoms with Gasteiger partial charge in [-0.15, -0.1) is 0 Å². The second-order valence-corrected chi connectivity index (χ2v) is 7.28. The van der Waals surface area contributed by atoms with Crippen LogP contribution < -0.4 is 15.4 Å². The monoisotopic (exact) mass is 467 g/mol. The molecule has 2 heterocycles. The summed E-state index contributed by atoms with van der Waals surface area (Å²) in [7, 11) is 3.20. The van der Waals surface area contributed by atoms with Gasteiger partial charge >= 0.3 is 0 Å². The average molecular weight is 468 g/mol. The summed E-state index contributed by atoms with van der Waals surface area (Å²) in [5.41, 5.74) is 0.895. The first-order valence-corrected chi connectivity index (χ1v) is 9.64. The molecule has 1 aromatic carbocycles. The van der Waals surface area contributed by atoms with Gasteiger partial charge in [-0.25, -0.2) is 4.98 Å². The molecule has 3 rings (SSSR count).